The quantitative estimate of drug-likeness (QED) is 0.365. The van der Waals surface area contributed by atoms with Crippen LogP contribution >= 0.6 is 12.6 Å². The Kier molecular flexibility index (Phi) is 9.01. The zero-order valence-corrected chi connectivity index (χ0v) is 9.66. The van der Waals surface area contributed by atoms with E-state index in [4.69, 9.17) is 10.8 Å². The van der Waals surface area contributed by atoms with Gasteiger partial charge >= 0.3 is 0 Å². The van der Waals surface area contributed by atoms with E-state index in [0.29, 0.717) is 11.4 Å². The van der Waals surface area contributed by atoms with Crippen molar-refractivity contribution in [3.63, 3.8) is 0 Å². The SMILES string of the molecule is C=CN/C=C(N)\C=N/C(CS)CCCO. The van der Waals surface area contributed by atoms with Crippen LogP contribution in [-0.4, -0.2) is 29.7 Å². The van der Waals surface area contributed by atoms with E-state index in [0.717, 1.165) is 12.8 Å². The van der Waals surface area contributed by atoms with Crippen molar-refractivity contribution in [1.29, 1.82) is 0 Å². The molecule has 0 radical (unpaired) electrons. The lowest BCUT2D eigenvalue weighted by Gasteiger charge is -2.07. The molecule has 15 heavy (non-hydrogen) atoms. The molecule has 4 N–H and O–H groups in total. The van der Waals surface area contributed by atoms with Crippen LogP contribution in [0.15, 0.2) is 29.7 Å². The van der Waals surface area contributed by atoms with E-state index < -0.39 is 0 Å². The first kappa shape index (κ1) is 14.1. The summed E-state index contributed by atoms with van der Waals surface area (Å²) < 4.78 is 0. The molecule has 1 atom stereocenters. The first-order chi connectivity index (χ1) is 7.24. The summed E-state index contributed by atoms with van der Waals surface area (Å²) in [6.07, 6.45) is 6.28. The molecule has 0 heterocycles. The molecule has 0 aromatic rings. The van der Waals surface area contributed by atoms with Crippen molar-refractivity contribution in [2.45, 2.75) is 18.9 Å². The Labute approximate surface area is 96.4 Å². The van der Waals surface area contributed by atoms with Crippen LogP contribution in [0, 0.1) is 0 Å². The van der Waals surface area contributed by atoms with Crippen LogP contribution in [0.25, 0.3) is 0 Å². The Balaban J connectivity index is 4.03. The molecule has 86 valence electrons. The van der Waals surface area contributed by atoms with Crippen molar-refractivity contribution in [3.05, 3.63) is 24.7 Å². The normalized spacial score (nSPS) is 14.1. The minimum absolute atomic E-state index is 0.108. The predicted molar refractivity (Wildman–Crippen MR) is 68.1 cm³/mol. The van der Waals surface area contributed by atoms with Crippen molar-refractivity contribution < 1.29 is 5.11 Å². The summed E-state index contributed by atoms with van der Waals surface area (Å²) >= 11 is 4.17. The number of nitrogens with zero attached hydrogens (tertiary/aromatic N) is 1. The van der Waals surface area contributed by atoms with Gasteiger partial charge in [-0.25, -0.2) is 0 Å². The molecule has 0 bridgehead atoms. The third kappa shape index (κ3) is 8.08. The fourth-order valence-electron chi connectivity index (χ4n) is 0.924. The van der Waals surface area contributed by atoms with Gasteiger partial charge in [0.05, 0.1) is 11.7 Å². The Bertz CT molecular complexity index is 229. The van der Waals surface area contributed by atoms with Gasteiger partial charge in [0.2, 0.25) is 0 Å². The van der Waals surface area contributed by atoms with E-state index in [-0.39, 0.29) is 12.6 Å². The number of allylic oxidation sites excluding steroid dienone is 1. The number of nitrogens with one attached hydrogen (secondary N) is 1. The molecule has 0 amide bonds. The second kappa shape index (κ2) is 9.61. The molecular weight excluding hydrogens is 210 g/mol. The number of aliphatic hydroxyl groups is 1. The Hall–Kier alpha value is -0.940. The monoisotopic (exact) mass is 229 g/mol. The summed E-state index contributed by atoms with van der Waals surface area (Å²) in [5.74, 6) is 0.651. The standard InChI is InChI=1S/C10H19N3OS/c1-2-12-6-9(11)7-13-10(8-15)4-3-5-14/h2,6-7,10,12,14-15H,1,3-5,8,11H2/b9-6+,13-7-. The maximum absolute atomic E-state index is 8.67. The van der Waals surface area contributed by atoms with Gasteiger partial charge in [0.15, 0.2) is 0 Å². The number of hydrogen-bond acceptors (Lipinski definition) is 5. The third-order valence-corrected chi connectivity index (χ3v) is 2.13. The average molecular weight is 229 g/mol. The summed E-state index contributed by atoms with van der Waals surface area (Å²) in [4.78, 5) is 4.25. The lowest BCUT2D eigenvalue weighted by Crippen LogP contribution is -2.11. The molecule has 0 aliphatic carbocycles. The van der Waals surface area contributed by atoms with Crippen molar-refractivity contribution in [1.82, 2.24) is 5.32 Å². The molecule has 4 nitrogen and oxygen atoms in total. The van der Waals surface area contributed by atoms with E-state index in [1.54, 1.807) is 12.4 Å². The summed E-state index contributed by atoms with van der Waals surface area (Å²) in [6, 6.07) is 0.108. The van der Waals surface area contributed by atoms with Gasteiger partial charge in [0.25, 0.3) is 0 Å². The van der Waals surface area contributed by atoms with Gasteiger partial charge in [0.1, 0.15) is 0 Å². The van der Waals surface area contributed by atoms with Gasteiger partial charge < -0.3 is 16.2 Å². The van der Waals surface area contributed by atoms with Gasteiger partial charge in [-0.1, -0.05) is 6.58 Å². The lowest BCUT2D eigenvalue weighted by atomic mass is 10.2. The maximum Gasteiger partial charge on any atom is 0.0658 e. The zero-order chi connectivity index (χ0) is 11.5. The van der Waals surface area contributed by atoms with Crippen molar-refractivity contribution in [2.24, 2.45) is 10.7 Å². The number of thiol groups is 1. The molecule has 0 rings (SSSR count). The van der Waals surface area contributed by atoms with Gasteiger partial charge in [-0.05, 0) is 19.0 Å². The van der Waals surface area contributed by atoms with E-state index in [9.17, 15) is 0 Å². The number of rotatable bonds is 8. The number of aliphatic imine (C=N–C) groups is 1. The Morgan fingerprint density at radius 1 is 1.67 bits per heavy atom. The smallest absolute Gasteiger partial charge is 0.0658 e. The van der Waals surface area contributed by atoms with E-state index in [1.165, 1.54) is 6.20 Å². The van der Waals surface area contributed by atoms with E-state index in [2.05, 4.69) is 29.5 Å². The highest BCUT2D eigenvalue weighted by Gasteiger charge is 2.02. The minimum atomic E-state index is 0.108. The largest absolute Gasteiger partial charge is 0.396 e. The van der Waals surface area contributed by atoms with Gasteiger partial charge in [-0.2, -0.15) is 12.6 Å². The fourth-order valence-corrected chi connectivity index (χ4v) is 1.20. The molecule has 0 fully saturated rings. The number of hydrogen-bond donors (Lipinski definition) is 4. The summed E-state index contributed by atoms with van der Waals surface area (Å²) in [5.41, 5.74) is 6.15. The van der Waals surface area contributed by atoms with Gasteiger partial charge in [0, 0.05) is 24.8 Å². The molecule has 0 aliphatic rings. The fraction of sp³-hybridized carbons (Fsp3) is 0.500. The van der Waals surface area contributed by atoms with Crippen LogP contribution in [0.5, 0.6) is 0 Å². The van der Waals surface area contributed by atoms with E-state index >= 15 is 0 Å². The highest BCUT2D eigenvalue weighted by atomic mass is 32.1. The van der Waals surface area contributed by atoms with Gasteiger partial charge in [-0.15, -0.1) is 0 Å². The molecule has 1 unspecified atom stereocenters. The van der Waals surface area contributed by atoms with Crippen LogP contribution < -0.4 is 11.1 Å². The molecule has 0 saturated heterocycles. The minimum Gasteiger partial charge on any atom is -0.396 e. The second-order valence-corrected chi connectivity index (χ2v) is 3.36. The molecule has 5 heteroatoms. The molecule has 0 spiro atoms. The Morgan fingerprint density at radius 2 is 2.40 bits per heavy atom. The summed E-state index contributed by atoms with van der Waals surface area (Å²) in [7, 11) is 0. The molecular formula is C10H19N3OS. The predicted octanol–water partition coefficient (Wildman–Crippen LogP) is 0.661. The topological polar surface area (TPSA) is 70.6 Å². The molecule has 0 aromatic carbocycles. The zero-order valence-electron chi connectivity index (χ0n) is 8.76. The lowest BCUT2D eigenvalue weighted by molar-refractivity contribution is 0.281. The van der Waals surface area contributed by atoms with Crippen LogP contribution in [0.3, 0.4) is 0 Å². The van der Waals surface area contributed by atoms with Crippen molar-refractivity contribution in [2.75, 3.05) is 12.4 Å². The highest BCUT2D eigenvalue weighted by Crippen LogP contribution is 2.03. The summed E-state index contributed by atoms with van der Waals surface area (Å²) in [6.45, 7) is 3.67. The van der Waals surface area contributed by atoms with Crippen LogP contribution in [0.4, 0.5) is 0 Å². The first-order valence-corrected chi connectivity index (χ1v) is 5.45. The van der Waals surface area contributed by atoms with Crippen molar-refractivity contribution in [3.8, 4) is 0 Å². The van der Waals surface area contributed by atoms with Gasteiger partial charge in [-0.3, -0.25) is 4.99 Å². The van der Waals surface area contributed by atoms with Crippen LogP contribution in [0.2, 0.25) is 0 Å². The molecule has 0 aromatic heterocycles. The third-order valence-electron chi connectivity index (χ3n) is 1.71. The maximum atomic E-state index is 8.67. The number of nitrogens with two attached hydrogens (primary N) is 1. The summed E-state index contributed by atoms with van der Waals surface area (Å²) in [5, 5.41) is 11.4. The van der Waals surface area contributed by atoms with Crippen LogP contribution in [0.1, 0.15) is 12.8 Å². The molecule has 0 saturated carbocycles. The molecule has 0 aliphatic heterocycles. The highest BCUT2D eigenvalue weighted by molar-refractivity contribution is 7.80. The Morgan fingerprint density at radius 3 is 2.93 bits per heavy atom. The van der Waals surface area contributed by atoms with Crippen LogP contribution in [-0.2, 0) is 0 Å². The second-order valence-electron chi connectivity index (χ2n) is 3.00. The number of aliphatic hydroxyl groups excluding tert-OH is 1. The van der Waals surface area contributed by atoms with Crippen molar-refractivity contribution >= 4 is 18.8 Å². The average Bonchev–Trinajstić information content (AvgIpc) is 2.26. The first-order valence-electron chi connectivity index (χ1n) is 4.82. The van der Waals surface area contributed by atoms with E-state index in [1.807, 2.05) is 0 Å².